The van der Waals surface area contributed by atoms with Crippen molar-refractivity contribution in [1.82, 2.24) is 15.3 Å². The van der Waals surface area contributed by atoms with E-state index in [1.165, 1.54) is 17.3 Å². The molecule has 0 aliphatic carbocycles. The number of aromatic nitrogens is 1. The number of carbonyl (C=O) groups excluding carboxylic acids is 1. The topological polar surface area (TPSA) is 70.0 Å². The number of nitrogens with zero attached hydrogens (tertiary/aromatic N) is 4. The first-order chi connectivity index (χ1) is 14.3. The summed E-state index contributed by atoms with van der Waals surface area (Å²) >= 11 is 1.49. The molecule has 3 aromatic rings. The van der Waals surface area contributed by atoms with Crippen LogP contribution in [0, 0.1) is 0 Å². The number of para-hydroxylation sites is 1. The number of fused-ring (bicyclic) bond motifs is 2. The average molecular weight is 399 g/mol. The van der Waals surface area contributed by atoms with Gasteiger partial charge in [-0.05, 0) is 17.7 Å². The fourth-order valence-electron chi connectivity index (χ4n) is 3.36. The Morgan fingerprint density at radius 3 is 2.66 bits per heavy atom. The number of carbonyl (C=O) groups is 1. The molecular formula is C22H17N5OS. The van der Waals surface area contributed by atoms with Gasteiger partial charge in [-0.2, -0.15) is 0 Å². The van der Waals surface area contributed by atoms with Crippen LogP contribution in [0.25, 0.3) is 5.70 Å². The second kappa shape index (κ2) is 7.52. The van der Waals surface area contributed by atoms with Crippen LogP contribution < -0.4 is 15.9 Å². The predicted octanol–water partition coefficient (Wildman–Crippen LogP) is 2.16. The SMILES string of the molecule is O=C1NC(SCc2ccccc2)=NN2C1=c1ccccc1=NC2c1cccnc1. The molecule has 0 fully saturated rings. The van der Waals surface area contributed by atoms with Crippen molar-refractivity contribution in [2.75, 3.05) is 0 Å². The van der Waals surface area contributed by atoms with Crippen molar-refractivity contribution in [1.29, 1.82) is 0 Å². The maximum atomic E-state index is 13.0. The van der Waals surface area contributed by atoms with Gasteiger partial charge in [0.15, 0.2) is 11.3 Å². The molecule has 1 aromatic heterocycles. The van der Waals surface area contributed by atoms with Crippen molar-refractivity contribution in [3.05, 3.63) is 101 Å². The highest BCUT2D eigenvalue weighted by atomic mass is 32.2. The number of hydrazone groups is 1. The summed E-state index contributed by atoms with van der Waals surface area (Å²) in [4.78, 5) is 22.1. The van der Waals surface area contributed by atoms with E-state index in [1.807, 2.05) is 54.6 Å². The van der Waals surface area contributed by atoms with Crippen LogP contribution in [0.5, 0.6) is 0 Å². The summed E-state index contributed by atoms with van der Waals surface area (Å²) in [6, 6.07) is 21.6. The molecule has 1 N–H and O–H groups in total. The molecule has 0 radical (unpaired) electrons. The number of amidine groups is 1. The molecule has 142 valence electrons. The van der Waals surface area contributed by atoms with Crippen LogP contribution in [0.4, 0.5) is 0 Å². The molecule has 29 heavy (non-hydrogen) atoms. The lowest BCUT2D eigenvalue weighted by Gasteiger charge is -2.33. The second-order valence-electron chi connectivity index (χ2n) is 6.63. The molecule has 0 spiro atoms. The third-order valence-corrected chi connectivity index (χ3v) is 5.65. The summed E-state index contributed by atoms with van der Waals surface area (Å²) in [6.45, 7) is 0. The largest absolute Gasteiger partial charge is 0.298 e. The summed E-state index contributed by atoms with van der Waals surface area (Å²) in [6.07, 6.45) is 3.04. The molecule has 1 atom stereocenters. The zero-order valence-corrected chi connectivity index (χ0v) is 16.2. The molecule has 1 unspecified atom stereocenters. The number of amides is 1. The number of rotatable bonds is 3. The van der Waals surface area contributed by atoms with E-state index < -0.39 is 6.17 Å². The standard InChI is InChI=1S/C22H17N5OS/c28-21-19-17-10-4-5-11-18(17)24-20(16-9-6-12-23-13-16)27(19)26-22(25-21)29-14-15-7-2-1-3-8-15/h1-13,20H,14H2,(H,25,26,28). The van der Waals surface area contributed by atoms with Crippen molar-refractivity contribution in [3.63, 3.8) is 0 Å². The molecular weight excluding hydrogens is 382 g/mol. The molecule has 2 aliphatic rings. The highest BCUT2D eigenvalue weighted by molar-refractivity contribution is 8.13. The Morgan fingerprint density at radius 1 is 1.00 bits per heavy atom. The minimum atomic E-state index is -0.438. The van der Waals surface area contributed by atoms with E-state index in [9.17, 15) is 4.79 Å². The van der Waals surface area contributed by atoms with E-state index in [0.29, 0.717) is 16.6 Å². The van der Waals surface area contributed by atoms with Gasteiger partial charge in [0.05, 0.1) is 5.36 Å². The van der Waals surface area contributed by atoms with E-state index in [-0.39, 0.29) is 5.91 Å². The summed E-state index contributed by atoms with van der Waals surface area (Å²) in [5, 5.41) is 11.5. The Labute approximate surface area is 171 Å². The maximum Gasteiger partial charge on any atom is 0.276 e. The lowest BCUT2D eigenvalue weighted by molar-refractivity contribution is -0.116. The second-order valence-corrected chi connectivity index (χ2v) is 7.60. The molecule has 2 aliphatic heterocycles. The van der Waals surface area contributed by atoms with E-state index >= 15 is 0 Å². The van der Waals surface area contributed by atoms with Crippen LogP contribution in [-0.4, -0.2) is 21.1 Å². The lowest BCUT2D eigenvalue weighted by Crippen LogP contribution is -2.50. The minimum absolute atomic E-state index is 0.174. The first-order valence-electron chi connectivity index (χ1n) is 9.22. The van der Waals surface area contributed by atoms with Gasteiger partial charge in [-0.15, -0.1) is 5.10 Å². The highest BCUT2D eigenvalue weighted by Crippen LogP contribution is 2.30. The Balaban J connectivity index is 1.57. The average Bonchev–Trinajstić information content (AvgIpc) is 2.78. The van der Waals surface area contributed by atoms with Crippen LogP contribution in [0.15, 0.2) is 89.2 Å². The molecule has 0 saturated carbocycles. The maximum absolute atomic E-state index is 13.0. The van der Waals surface area contributed by atoms with Gasteiger partial charge in [-0.1, -0.05) is 66.4 Å². The van der Waals surface area contributed by atoms with Gasteiger partial charge >= 0.3 is 0 Å². The third-order valence-electron chi connectivity index (χ3n) is 4.72. The molecule has 5 rings (SSSR count). The van der Waals surface area contributed by atoms with Gasteiger partial charge in [0, 0.05) is 28.9 Å². The molecule has 0 saturated heterocycles. The van der Waals surface area contributed by atoms with E-state index in [1.54, 1.807) is 17.4 Å². The Hall–Kier alpha value is -3.45. The van der Waals surface area contributed by atoms with Crippen LogP contribution in [0.1, 0.15) is 17.3 Å². The molecule has 6 nitrogen and oxygen atoms in total. The zero-order chi connectivity index (χ0) is 19.6. The van der Waals surface area contributed by atoms with Crippen molar-refractivity contribution in [2.45, 2.75) is 11.9 Å². The Morgan fingerprint density at radius 2 is 1.83 bits per heavy atom. The van der Waals surface area contributed by atoms with Crippen molar-refractivity contribution < 1.29 is 4.79 Å². The fourth-order valence-corrected chi connectivity index (χ4v) is 4.17. The van der Waals surface area contributed by atoms with Gasteiger partial charge in [0.25, 0.3) is 5.91 Å². The van der Waals surface area contributed by atoms with Gasteiger partial charge in [-0.25, -0.2) is 5.01 Å². The first-order valence-corrected chi connectivity index (χ1v) is 10.2. The minimum Gasteiger partial charge on any atom is -0.298 e. The van der Waals surface area contributed by atoms with Crippen LogP contribution in [-0.2, 0) is 10.5 Å². The van der Waals surface area contributed by atoms with E-state index in [2.05, 4.69) is 22.4 Å². The van der Waals surface area contributed by atoms with Gasteiger partial charge < -0.3 is 0 Å². The number of benzene rings is 2. The third kappa shape index (κ3) is 3.40. The van der Waals surface area contributed by atoms with Gasteiger partial charge in [0.2, 0.25) is 0 Å². The van der Waals surface area contributed by atoms with Crippen molar-refractivity contribution >= 4 is 28.5 Å². The zero-order valence-electron chi connectivity index (χ0n) is 15.4. The van der Waals surface area contributed by atoms with Crippen LogP contribution in [0.3, 0.4) is 0 Å². The summed E-state index contributed by atoms with van der Waals surface area (Å²) in [5.41, 5.74) is 2.56. The molecule has 2 aromatic carbocycles. The number of pyridine rings is 1. The Kier molecular flexibility index (Phi) is 4.57. The van der Waals surface area contributed by atoms with Crippen molar-refractivity contribution in [3.8, 4) is 0 Å². The van der Waals surface area contributed by atoms with E-state index in [4.69, 9.17) is 10.1 Å². The van der Waals surface area contributed by atoms with Crippen LogP contribution >= 0.6 is 11.8 Å². The highest BCUT2D eigenvalue weighted by Gasteiger charge is 2.34. The molecule has 3 heterocycles. The van der Waals surface area contributed by atoms with E-state index in [0.717, 1.165) is 16.1 Å². The molecule has 7 heteroatoms. The van der Waals surface area contributed by atoms with Gasteiger partial charge in [-0.3, -0.25) is 20.1 Å². The normalized spacial score (nSPS) is 17.6. The monoisotopic (exact) mass is 399 g/mol. The summed E-state index contributed by atoms with van der Waals surface area (Å²) in [7, 11) is 0. The molecule has 0 bridgehead atoms. The quantitative estimate of drug-likeness (QED) is 0.733. The number of hydrogen-bond donors (Lipinski definition) is 1. The summed E-state index contributed by atoms with van der Waals surface area (Å²) in [5.74, 6) is 0.542. The van der Waals surface area contributed by atoms with Gasteiger partial charge in [0.1, 0.15) is 5.70 Å². The smallest absolute Gasteiger partial charge is 0.276 e. The van der Waals surface area contributed by atoms with Crippen molar-refractivity contribution in [2.24, 2.45) is 10.1 Å². The predicted molar refractivity (Wildman–Crippen MR) is 113 cm³/mol. The lowest BCUT2D eigenvalue weighted by atomic mass is 10.1. The fraction of sp³-hybridized carbons (Fsp3) is 0.0909. The number of thioether (sulfide) groups is 1. The Bertz CT molecular complexity index is 1210. The number of nitrogens with one attached hydrogen (secondary N) is 1. The molecule has 1 amide bonds. The number of hydrogen-bond acceptors (Lipinski definition) is 6. The van der Waals surface area contributed by atoms with Crippen LogP contribution in [0.2, 0.25) is 0 Å². The summed E-state index contributed by atoms with van der Waals surface area (Å²) < 4.78 is 0. The first kappa shape index (κ1) is 17.6.